The summed E-state index contributed by atoms with van der Waals surface area (Å²) in [5, 5.41) is 3.32. The summed E-state index contributed by atoms with van der Waals surface area (Å²) in [6.45, 7) is 9.05. The van der Waals surface area contributed by atoms with Crippen LogP contribution in [-0.2, 0) is 9.53 Å². The minimum absolute atomic E-state index is 0.0174. The first-order valence-electron chi connectivity index (χ1n) is 14.0. The average molecular weight is 561 g/mol. The molecule has 0 radical (unpaired) electrons. The Morgan fingerprint density at radius 1 is 1.05 bits per heavy atom. The number of nitrogens with zero attached hydrogens (tertiary/aromatic N) is 7. The van der Waals surface area contributed by atoms with E-state index < -0.39 is 5.60 Å². The van der Waals surface area contributed by atoms with Crippen molar-refractivity contribution in [2.24, 2.45) is 0 Å². The molecule has 5 heterocycles. The van der Waals surface area contributed by atoms with Crippen LogP contribution in [0.1, 0.15) is 50.4 Å². The molecule has 2 fully saturated rings. The van der Waals surface area contributed by atoms with Gasteiger partial charge in [-0.2, -0.15) is 0 Å². The van der Waals surface area contributed by atoms with E-state index in [0.717, 1.165) is 18.8 Å². The molecule has 0 atom stereocenters. The molecule has 1 N–H and O–H groups in total. The van der Waals surface area contributed by atoms with Gasteiger partial charge in [0.15, 0.2) is 0 Å². The third-order valence-corrected chi connectivity index (χ3v) is 6.95. The summed E-state index contributed by atoms with van der Waals surface area (Å²) in [6, 6.07) is 5.23. The Balaban J connectivity index is 1.38. The molecule has 0 unspecified atom stereocenters. The van der Waals surface area contributed by atoms with Crippen molar-refractivity contribution in [2.75, 3.05) is 49.1 Å². The zero-order valence-corrected chi connectivity index (χ0v) is 23.7. The Kier molecular flexibility index (Phi) is 8.18. The Bertz CT molecular complexity index is 1340. The number of amides is 3. The molecule has 0 aromatic carbocycles. The molecule has 0 aliphatic carbocycles. The predicted octanol–water partition coefficient (Wildman–Crippen LogP) is 2.92. The molecule has 5 rings (SSSR count). The topological polar surface area (TPSA) is 124 Å². The molecule has 0 spiro atoms. The van der Waals surface area contributed by atoms with Crippen LogP contribution in [0.15, 0.2) is 60.6 Å². The molecule has 12 nitrogen and oxygen atoms in total. The number of carbonyl (C=O) groups is 3. The third-order valence-electron chi connectivity index (χ3n) is 6.95. The summed E-state index contributed by atoms with van der Waals surface area (Å²) in [5.74, 6) is 1.39. The maximum Gasteiger partial charge on any atom is 0.410 e. The van der Waals surface area contributed by atoms with Crippen LogP contribution in [0.2, 0.25) is 0 Å². The highest BCUT2D eigenvalue weighted by molar-refractivity contribution is 6.08. The maximum atomic E-state index is 14.0. The van der Waals surface area contributed by atoms with E-state index in [-0.39, 0.29) is 17.9 Å². The van der Waals surface area contributed by atoms with Crippen LogP contribution < -0.4 is 15.1 Å². The SMILES string of the molecule is CC(C)(C)OC(=O)N1CCCN(c2ccc(C(=O)N(C3=C4NCCC(=O)N4CCC=C3)c3ccncn3)cn2)CC1. The second-order valence-electron chi connectivity index (χ2n) is 11.1. The minimum atomic E-state index is -0.545. The van der Waals surface area contributed by atoms with Gasteiger partial charge in [0.2, 0.25) is 5.91 Å². The Morgan fingerprint density at radius 3 is 2.63 bits per heavy atom. The zero-order chi connectivity index (χ0) is 29.0. The molecule has 2 aromatic heterocycles. The van der Waals surface area contributed by atoms with Crippen LogP contribution in [0.4, 0.5) is 16.4 Å². The van der Waals surface area contributed by atoms with Gasteiger partial charge in [0.25, 0.3) is 5.91 Å². The van der Waals surface area contributed by atoms with E-state index >= 15 is 0 Å². The van der Waals surface area contributed by atoms with Gasteiger partial charge in [-0.15, -0.1) is 0 Å². The molecule has 41 heavy (non-hydrogen) atoms. The highest BCUT2D eigenvalue weighted by atomic mass is 16.6. The van der Waals surface area contributed by atoms with Crippen molar-refractivity contribution in [1.82, 2.24) is 30.1 Å². The van der Waals surface area contributed by atoms with E-state index in [1.807, 2.05) is 39.0 Å². The smallest absolute Gasteiger partial charge is 0.410 e. The molecule has 216 valence electrons. The molecule has 3 aliphatic rings. The molecule has 0 bridgehead atoms. The fourth-order valence-electron chi connectivity index (χ4n) is 5.00. The van der Waals surface area contributed by atoms with Gasteiger partial charge in [-0.1, -0.05) is 6.08 Å². The van der Waals surface area contributed by atoms with Crippen LogP contribution in [-0.4, -0.2) is 87.5 Å². The molecule has 0 saturated carbocycles. The van der Waals surface area contributed by atoms with Crippen LogP contribution >= 0.6 is 0 Å². The fraction of sp³-hybridized carbons (Fsp3) is 0.448. The first-order valence-corrected chi connectivity index (χ1v) is 14.0. The zero-order valence-electron chi connectivity index (χ0n) is 23.7. The second-order valence-corrected chi connectivity index (χ2v) is 11.1. The molecular formula is C29H36N8O4. The van der Waals surface area contributed by atoms with Crippen molar-refractivity contribution in [1.29, 1.82) is 0 Å². The quantitative estimate of drug-likeness (QED) is 0.601. The van der Waals surface area contributed by atoms with E-state index in [0.29, 0.717) is 68.5 Å². The average Bonchev–Trinajstić information content (AvgIpc) is 3.33. The van der Waals surface area contributed by atoms with Crippen molar-refractivity contribution in [3.8, 4) is 0 Å². The highest BCUT2D eigenvalue weighted by Gasteiger charge is 2.32. The Labute approximate surface area is 239 Å². The van der Waals surface area contributed by atoms with Gasteiger partial charge in [-0.05, 0) is 57.9 Å². The normalized spacial score (nSPS) is 17.8. The van der Waals surface area contributed by atoms with Crippen LogP contribution in [0.3, 0.4) is 0 Å². The number of pyridine rings is 1. The molecule has 3 amide bonds. The van der Waals surface area contributed by atoms with Crippen LogP contribution in [0, 0.1) is 0 Å². The summed E-state index contributed by atoms with van der Waals surface area (Å²) < 4.78 is 5.54. The number of ether oxygens (including phenoxy) is 1. The molecule has 2 aromatic rings. The van der Waals surface area contributed by atoms with E-state index in [4.69, 9.17) is 4.74 Å². The molecular weight excluding hydrogens is 524 g/mol. The van der Waals surface area contributed by atoms with Crippen LogP contribution in [0.5, 0.6) is 0 Å². The van der Waals surface area contributed by atoms with E-state index in [2.05, 4.69) is 25.2 Å². The predicted molar refractivity (Wildman–Crippen MR) is 153 cm³/mol. The Hall–Kier alpha value is -4.48. The monoisotopic (exact) mass is 560 g/mol. The van der Waals surface area contributed by atoms with Gasteiger partial charge in [-0.3, -0.25) is 19.4 Å². The second kappa shape index (κ2) is 11.9. The number of rotatable bonds is 4. The lowest BCUT2D eigenvalue weighted by atomic mass is 10.2. The Morgan fingerprint density at radius 2 is 1.90 bits per heavy atom. The van der Waals surface area contributed by atoms with E-state index in [9.17, 15) is 14.4 Å². The number of carbonyl (C=O) groups excluding carboxylic acids is 3. The number of hydrogen-bond donors (Lipinski definition) is 1. The number of hydrogen-bond acceptors (Lipinski definition) is 9. The van der Waals surface area contributed by atoms with Gasteiger partial charge >= 0.3 is 6.09 Å². The van der Waals surface area contributed by atoms with E-state index in [1.54, 1.807) is 34.3 Å². The molecule has 2 saturated heterocycles. The number of allylic oxidation sites excluding steroid dienone is 1. The number of nitrogens with one attached hydrogen (secondary N) is 1. The lowest BCUT2D eigenvalue weighted by Crippen LogP contribution is -2.46. The van der Waals surface area contributed by atoms with Crippen molar-refractivity contribution in [3.63, 3.8) is 0 Å². The fourth-order valence-corrected chi connectivity index (χ4v) is 5.00. The molecule has 12 heteroatoms. The standard InChI is InChI=1S/C29H36N8O4/c1-29(2,3)41-28(40)35-15-6-14-34(17-18-35)23-9-8-21(19-32-23)27(39)37(24-10-12-30-20-33-24)22-7-4-5-16-36-25(38)11-13-31-26(22)36/h4,7-10,12,19-20,31H,5-6,11,13-18H2,1-3H3. The number of fused-ring (bicyclic) bond motifs is 1. The largest absolute Gasteiger partial charge is 0.444 e. The summed E-state index contributed by atoms with van der Waals surface area (Å²) in [7, 11) is 0. The van der Waals surface area contributed by atoms with Crippen molar-refractivity contribution >= 4 is 29.5 Å². The van der Waals surface area contributed by atoms with Gasteiger partial charge in [0.05, 0.1) is 11.3 Å². The third kappa shape index (κ3) is 6.47. The van der Waals surface area contributed by atoms with Crippen LogP contribution in [0.25, 0.3) is 0 Å². The summed E-state index contributed by atoms with van der Waals surface area (Å²) >= 11 is 0. The minimum Gasteiger partial charge on any atom is -0.444 e. The lowest BCUT2D eigenvalue weighted by Gasteiger charge is -2.33. The number of aromatic nitrogens is 3. The van der Waals surface area contributed by atoms with Crippen molar-refractivity contribution in [2.45, 2.75) is 45.6 Å². The summed E-state index contributed by atoms with van der Waals surface area (Å²) in [5.41, 5.74) is 0.367. The van der Waals surface area contributed by atoms with Gasteiger partial charge in [0.1, 0.15) is 29.4 Å². The highest BCUT2D eigenvalue weighted by Crippen LogP contribution is 2.27. The van der Waals surface area contributed by atoms with Gasteiger partial charge in [0, 0.05) is 58.1 Å². The van der Waals surface area contributed by atoms with Crippen molar-refractivity contribution in [3.05, 3.63) is 66.2 Å². The van der Waals surface area contributed by atoms with Gasteiger partial charge < -0.3 is 19.9 Å². The van der Waals surface area contributed by atoms with Gasteiger partial charge in [-0.25, -0.2) is 19.7 Å². The first kappa shape index (κ1) is 28.1. The summed E-state index contributed by atoms with van der Waals surface area (Å²) in [6.07, 6.45) is 9.87. The maximum absolute atomic E-state index is 14.0. The number of anilines is 2. The van der Waals surface area contributed by atoms with E-state index in [1.165, 1.54) is 11.2 Å². The summed E-state index contributed by atoms with van der Waals surface area (Å²) in [4.78, 5) is 59.3. The first-order chi connectivity index (χ1) is 19.7. The lowest BCUT2D eigenvalue weighted by molar-refractivity contribution is -0.130. The molecule has 3 aliphatic heterocycles. The van der Waals surface area contributed by atoms with Crippen molar-refractivity contribution < 1.29 is 19.1 Å².